The van der Waals surface area contributed by atoms with Crippen LogP contribution in [-0.2, 0) is 16.1 Å². The highest BCUT2D eigenvalue weighted by molar-refractivity contribution is 6.36. The number of rotatable bonds is 2. The van der Waals surface area contributed by atoms with E-state index < -0.39 is 0 Å². The number of ether oxygens (including phenoxy) is 1. The molecule has 0 spiro atoms. The smallest absolute Gasteiger partial charge is 0.352 e. The standard InChI is InChI=1S/C12H12FNO2/c13-10-5-3-9(4-6-10)8-14-11-2-1-7-16-12(11)15/h3-6H,1-2,7-8H2. The Morgan fingerprint density at radius 1 is 1.31 bits per heavy atom. The molecule has 1 aromatic rings. The average Bonchev–Trinajstić information content (AvgIpc) is 2.30. The van der Waals surface area contributed by atoms with Gasteiger partial charge in [-0.3, -0.25) is 4.99 Å². The van der Waals surface area contributed by atoms with Crippen molar-refractivity contribution < 1.29 is 13.9 Å². The second kappa shape index (κ2) is 4.88. The van der Waals surface area contributed by atoms with E-state index in [1.54, 1.807) is 12.1 Å². The Kier molecular flexibility index (Phi) is 3.29. The first kappa shape index (κ1) is 10.8. The predicted octanol–water partition coefficient (Wildman–Crippen LogP) is 2.10. The van der Waals surface area contributed by atoms with Crippen molar-refractivity contribution in [2.75, 3.05) is 6.61 Å². The highest BCUT2D eigenvalue weighted by Crippen LogP contribution is 2.08. The molecule has 1 heterocycles. The molecule has 1 aliphatic rings. The van der Waals surface area contributed by atoms with Gasteiger partial charge in [-0.05, 0) is 30.5 Å². The number of aliphatic imine (C=N–C) groups is 1. The van der Waals surface area contributed by atoms with Crippen molar-refractivity contribution in [1.29, 1.82) is 0 Å². The summed E-state index contributed by atoms with van der Waals surface area (Å²) in [5.41, 5.74) is 1.36. The molecule has 0 atom stereocenters. The Morgan fingerprint density at radius 3 is 2.75 bits per heavy atom. The fraction of sp³-hybridized carbons (Fsp3) is 0.333. The topological polar surface area (TPSA) is 38.7 Å². The summed E-state index contributed by atoms with van der Waals surface area (Å²) in [7, 11) is 0. The van der Waals surface area contributed by atoms with E-state index in [2.05, 4.69) is 4.99 Å². The van der Waals surface area contributed by atoms with Gasteiger partial charge >= 0.3 is 5.97 Å². The molecule has 0 N–H and O–H groups in total. The van der Waals surface area contributed by atoms with E-state index in [4.69, 9.17) is 4.74 Å². The molecule has 16 heavy (non-hydrogen) atoms. The summed E-state index contributed by atoms with van der Waals surface area (Å²) >= 11 is 0. The summed E-state index contributed by atoms with van der Waals surface area (Å²) in [6.45, 7) is 0.874. The second-order valence-corrected chi connectivity index (χ2v) is 3.63. The minimum absolute atomic E-state index is 0.270. The molecule has 0 saturated carbocycles. The van der Waals surface area contributed by atoms with Crippen molar-refractivity contribution in [3.63, 3.8) is 0 Å². The largest absolute Gasteiger partial charge is 0.461 e. The molecule has 1 aromatic carbocycles. The van der Waals surface area contributed by atoms with Gasteiger partial charge in [0.25, 0.3) is 0 Å². The molecule has 0 radical (unpaired) electrons. The maximum absolute atomic E-state index is 12.6. The van der Waals surface area contributed by atoms with E-state index >= 15 is 0 Å². The van der Waals surface area contributed by atoms with E-state index in [1.807, 2.05) is 0 Å². The molecule has 84 valence electrons. The first-order chi connectivity index (χ1) is 7.75. The van der Waals surface area contributed by atoms with E-state index in [0.717, 1.165) is 12.0 Å². The Hall–Kier alpha value is -1.71. The number of hydrogen-bond acceptors (Lipinski definition) is 3. The van der Waals surface area contributed by atoms with E-state index in [9.17, 15) is 9.18 Å². The summed E-state index contributed by atoms with van der Waals surface area (Å²) in [5.74, 6) is -0.596. The van der Waals surface area contributed by atoms with Gasteiger partial charge in [0.15, 0.2) is 0 Å². The third kappa shape index (κ3) is 2.66. The van der Waals surface area contributed by atoms with Gasteiger partial charge in [0.2, 0.25) is 0 Å². The molecule has 1 aliphatic heterocycles. The Morgan fingerprint density at radius 2 is 2.06 bits per heavy atom. The van der Waals surface area contributed by atoms with Crippen LogP contribution in [0.5, 0.6) is 0 Å². The van der Waals surface area contributed by atoms with Crippen LogP contribution in [0.2, 0.25) is 0 Å². The van der Waals surface area contributed by atoms with Gasteiger partial charge in [-0.15, -0.1) is 0 Å². The lowest BCUT2D eigenvalue weighted by Crippen LogP contribution is -2.24. The first-order valence-corrected chi connectivity index (χ1v) is 5.20. The van der Waals surface area contributed by atoms with Gasteiger partial charge in [-0.2, -0.15) is 0 Å². The number of carbonyl (C=O) groups excluding carboxylic acids is 1. The molecular weight excluding hydrogens is 209 g/mol. The van der Waals surface area contributed by atoms with Crippen LogP contribution in [0.25, 0.3) is 0 Å². The van der Waals surface area contributed by atoms with Crippen LogP contribution >= 0.6 is 0 Å². The number of benzene rings is 1. The Labute approximate surface area is 93.0 Å². The van der Waals surface area contributed by atoms with Gasteiger partial charge in [-0.25, -0.2) is 9.18 Å². The minimum atomic E-state index is -0.326. The van der Waals surface area contributed by atoms with Crippen LogP contribution in [-0.4, -0.2) is 18.3 Å². The minimum Gasteiger partial charge on any atom is -0.461 e. The summed E-state index contributed by atoms with van der Waals surface area (Å²) in [4.78, 5) is 15.4. The maximum Gasteiger partial charge on any atom is 0.352 e. The van der Waals surface area contributed by atoms with E-state index in [-0.39, 0.29) is 11.8 Å². The lowest BCUT2D eigenvalue weighted by atomic mass is 10.1. The highest BCUT2D eigenvalue weighted by atomic mass is 19.1. The van der Waals surface area contributed by atoms with Crippen LogP contribution in [0.3, 0.4) is 0 Å². The number of esters is 1. The quantitative estimate of drug-likeness (QED) is 0.717. The Bertz CT molecular complexity index is 412. The summed E-state index contributed by atoms with van der Waals surface area (Å²) < 4.78 is 17.5. The zero-order valence-electron chi connectivity index (χ0n) is 8.78. The molecule has 3 nitrogen and oxygen atoms in total. The van der Waals surface area contributed by atoms with Gasteiger partial charge in [0, 0.05) is 0 Å². The molecule has 2 rings (SSSR count). The summed E-state index contributed by atoms with van der Waals surface area (Å²) in [5, 5.41) is 0. The fourth-order valence-corrected chi connectivity index (χ4v) is 1.51. The van der Waals surface area contributed by atoms with Crippen LogP contribution in [0.15, 0.2) is 29.3 Å². The molecular formula is C12H12FNO2. The fourth-order valence-electron chi connectivity index (χ4n) is 1.51. The Balaban J connectivity index is 2.02. The van der Waals surface area contributed by atoms with Gasteiger partial charge in [0.05, 0.1) is 13.2 Å². The molecule has 0 amide bonds. The number of halogens is 1. The molecule has 0 bridgehead atoms. The average molecular weight is 221 g/mol. The van der Waals surface area contributed by atoms with Crippen molar-refractivity contribution in [3.8, 4) is 0 Å². The van der Waals surface area contributed by atoms with Gasteiger partial charge < -0.3 is 4.74 Å². The van der Waals surface area contributed by atoms with Crippen molar-refractivity contribution in [1.82, 2.24) is 0 Å². The molecule has 0 unspecified atom stereocenters. The molecule has 1 saturated heterocycles. The summed E-state index contributed by atoms with van der Waals surface area (Å²) in [6, 6.07) is 6.09. The SMILES string of the molecule is O=C1OCCCC1=NCc1ccc(F)cc1. The van der Waals surface area contributed by atoms with Crippen molar-refractivity contribution >= 4 is 11.7 Å². The molecule has 4 heteroatoms. The van der Waals surface area contributed by atoms with Crippen molar-refractivity contribution in [2.24, 2.45) is 4.99 Å². The predicted molar refractivity (Wildman–Crippen MR) is 57.7 cm³/mol. The maximum atomic E-state index is 12.6. The molecule has 1 fully saturated rings. The van der Waals surface area contributed by atoms with Gasteiger partial charge in [0.1, 0.15) is 11.5 Å². The van der Waals surface area contributed by atoms with Crippen molar-refractivity contribution in [2.45, 2.75) is 19.4 Å². The molecule has 0 aliphatic carbocycles. The second-order valence-electron chi connectivity index (χ2n) is 3.63. The zero-order valence-corrected chi connectivity index (χ0v) is 8.78. The van der Waals surface area contributed by atoms with Crippen LogP contribution < -0.4 is 0 Å². The van der Waals surface area contributed by atoms with Crippen LogP contribution in [0.1, 0.15) is 18.4 Å². The lowest BCUT2D eigenvalue weighted by Gasteiger charge is -2.12. The lowest BCUT2D eigenvalue weighted by molar-refractivity contribution is -0.137. The first-order valence-electron chi connectivity index (χ1n) is 5.20. The summed E-state index contributed by atoms with van der Waals surface area (Å²) in [6.07, 6.45) is 1.49. The third-order valence-electron chi connectivity index (χ3n) is 2.39. The van der Waals surface area contributed by atoms with Crippen LogP contribution in [0, 0.1) is 5.82 Å². The number of nitrogens with zero attached hydrogens (tertiary/aromatic N) is 1. The molecule has 0 aromatic heterocycles. The monoisotopic (exact) mass is 221 g/mol. The highest BCUT2D eigenvalue weighted by Gasteiger charge is 2.17. The number of hydrogen-bond donors (Lipinski definition) is 0. The van der Waals surface area contributed by atoms with E-state index in [1.165, 1.54) is 12.1 Å². The van der Waals surface area contributed by atoms with Gasteiger partial charge in [-0.1, -0.05) is 12.1 Å². The number of cyclic esters (lactones) is 1. The third-order valence-corrected chi connectivity index (χ3v) is 2.39. The van der Waals surface area contributed by atoms with Crippen molar-refractivity contribution in [3.05, 3.63) is 35.6 Å². The normalized spacial score (nSPS) is 18.6. The van der Waals surface area contributed by atoms with E-state index in [0.29, 0.717) is 25.3 Å². The zero-order chi connectivity index (χ0) is 11.4. The number of carbonyl (C=O) groups is 1. The van der Waals surface area contributed by atoms with Crippen LogP contribution in [0.4, 0.5) is 4.39 Å².